The molecule has 2 aromatic heterocycles. The number of halogens is 4. The van der Waals surface area contributed by atoms with Crippen molar-refractivity contribution in [1.29, 1.82) is 0 Å². The van der Waals surface area contributed by atoms with Crippen molar-refractivity contribution >= 4 is 23.2 Å². The molecule has 6 nitrogen and oxygen atoms in total. The molecule has 0 saturated heterocycles. The number of hydrogen-bond acceptors (Lipinski definition) is 5. The van der Waals surface area contributed by atoms with Gasteiger partial charge in [0.25, 0.3) is 11.8 Å². The van der Waals surface area contributed by atoms with Crippen molar-refractivity contribution in [2.75, 3.05) is 0 Å². The minimum absolute atomic E-state index is 0.0244. The van der Waals surface area contributed by atoms with Gasteiger partial charge in [0, 0.05) is 23.5 Å². The molecular weight excluding hydrogens is 412 g/mol. The molecular formula is C18H12F4N4O2S. The molecule has 0 bridgehead atoms. The molecule has 11 heteroatoms. The van der Waals surface area contributed by atoms with Crippen LogP contribution < -0.4 is 10.9 Å². The van der Waals surface area contributed by atoms with E-state index in [4.69, 9.17) is 0 Å². The number of hydrogen-bond donors (Lipinski definition) is 2. The van der Waals surface area contributed by atoms with Gasteiger partial charge in [-0.05, 0) is 37.3 Å². The van der Waals surface area contributed by atoms with Crippen LogP contribution in [0.1, 0.15) is 31.3 Å². The summed E-state index contributed by atoms with van der Waals surface area (Å²) < 4.78 is 52.5. The molecule has 29 heavy (non-hydrogen) atoms. The third kappa shape index (κ3) is 4.57. The SMILES string of the molecule is Cc1nc(-c2cnccc2C(F)(F)F)sc1C(=O)NNC(=O)c1ccc(F)cc1. The zero-order valence-corrected chi connectivity index (χ0v) is 15.5. The first-order chi connectivity index (χ1) is 13.7. The number of hydrazine groups is 1. The topological polar surface area (TPSA) is 84.0 Å². The lowest BCUT2D eigenvalue weighted by Gasteiger charge is -2.09. The van der Waals surface area contributed by atoms with Gasteiger partial charge in [0.2, 0.25) is 0 Å². The van der Waals surface area contributed by atoms with Gasteiger partial charge in [-0.1, -0.05) is 0 Å². The maximum absolute atomic E-state index is 13.2. The number of thiazole rings is 1. The van der Waals surface area contributed by atoms with E-state index in [1.165, 1.54) is 19.1 Å². The number of benzene rings is 1. The molecule has 0 aliphatic rings. The van der Waals surface area contributed by atoms with Crippen LogP contribution in [-0.2, 0) is 6.18 Å². The van der Waals surface area contributed by atoms with E-state index in [-0.39, 0.29) is 26.7 Å². The van der Waals surface area contributed by atoms with Gasteiger partial charge in [-0.2, -0.15) is 13.2 Å². The van der Waals surface area contributed by atoms with Crippen molar-refractivity contribution < 1.29 is 27.2 Å². The minimum Gasteiger partial charge on any atom is -0.267 e. The summed E-state index contributed by atoms with van der Waals surface area (Å²) in [7, 11) is 0. The van der Waals surface area contributed by atoms with Crippen LogP contribution >= 0.6 is 11.3 Å². The lowest BCUT2D eigenvalue weighted by atomic mass is 10.1. The Morgan fingerprint density at radius 3 is 2.34 bits per heavy atom. The quantitative estimate of drug-likeness (QED) is 0.496. The fraction of sp³-hybridized carbons (Fsp3) is 0.111. The van der Waals surface area contributed by atoms with E-state index in [1.54, 1.807) is 0 Å². The maximum Gasteiger partial charge on any atom is 0.417 e. The van der Waals surface area contributed by atoms with Crippen molar-refractivity contribution in [3.8, 4) is 10.6 Å². The van der Waals surface area contributed by atoms with E-state index in [2.05, 4.69) is 20.8 Å². The Hall–Kier alpha value is -3.34. The van der Waals surface area contributed by atoms with Crippen molar-refractivity contribution in [2.24, 2.45) is 0 Å². The summed E-state index contributed by atoms with van der Waals surface area (Å²) in [6.45, 7) is 1.46. The smallest absolute Gasteiger partial charge is 0.267 e. The Kier molecular flexibility index (Phi) is 5.59. The number of pyridine rings is 1. The molecule has 0 aliphatic heterocycles. The number of nitrogens with zero attached hydrogens (tertiary/aromatic N) is 2. The average molecular weight is 424 g/mol. The number of aromatic nitrogens is 2. The Balaban J connectivity index is 1.78. The fourth-order valence-corrected chi connectivity index (χ4v) is 3.36. The Bertz CT molecular complexity index is 1060. The van der Waals surface area contributed by atoms with Crippen LogP contribution in [-0.4, -0.2) is 21.8 Å². The van der Waals surface area contributed by atoms with Gasteiger partial charge in [0.15, 0.2) is 0 Å². The van der Waals surface area contributed by atoms with E-state index in [9.17, 15) is 27.2 Å². The van der Waals surface area contributed by atoms with Gasteiger partial charge in [-0.3, -0.25) is 25.4 Å². The van der Waals surface area contributed by atoms with E-state index >= 15 is 0 Å². The fourth-order valence-electron chi connectivity index (χ4n) is 2.38. The summed E-state index contributed by atoms with van der Waals surface area (Å²) in [6.07, 6.45) is -2.56. The molecule has 0 aliphatic carbocycles. The zero-order valence-electron chi connectivity index (χ0n) is 14.7. The van der Waals surface area contributed by atoms with Crippen LogP contribution in [0.2, 0.25) is 0 Å². The lowest BCUT2D eigenvalue weighted by molar-refractivity contribution is -0.137. The largest absolute Gasteiger partial charge is 0.417 e. The molecule has 0 unspecified atom stereocenters. The van der Waals surface area contributed by atoms with E-state index in [0.29, 0.717) is 0 Å². The highest BCUT2D eigenvalue weighted by molar-refractivity contribution is 7.17. The molecule has 1 aromatic carbocycles. The molecule has 3 aromatic rings. The third-order valence-corrected chi connectivity index (χ3v) is 4.95. The number of amides is 2. The van der Waals surface area contributed by atoms with Crippen molar-refractivity contribution in [3.63, 3.8) is 0 Å². The first-order valence-corrected chi connectivity index (χ1v) is 8.83. The highest BCUT2D eigenvalue weighted by Gasteiger charge is 2.34. The van der Waals surface area contributed by atoms with Gasteiger partial charge in [0.05, 0.1) is 11.3 Å². The predicted molar refractivity (Wildman–Crippen MR) is 96.4 cm³/mol. The Morgan fingerprint density at radius 1 is 1.03 bits per heavy atom. The van der Waals surface area contributed by atoms with E-state index < -0.39 is 29.4 Å². The molecule has 3 rings (SSSR count). The summed E-state index contributed by atoms with van der Waals surface area (Å²) in [5, 5.41) is -0.0297. The molecule has 2 heterocycles. The molecule has 150 valence electrons. The average Bonchev–Trinajstić information content (AvgIpc) is 3.07. The van der Waals surface area contributed by atoms with Crippen molar-refractivity contribution in [3.05, 3.63) is 70.2 Å². The molecule has 0 spiro atoms. The van der Waals surface area contributed by atoms with Crippen molar-refractivity contribution in [1.82, 2.24) is 20.8 Å². The summed E-state index contributed by atoms with van der Waals surface area (Å²) in [5.74, 6) is -1.96. The second kappa shape index (κ2) is 7.95. The lowest BCUT2D eigenvalue weighted by Crippen LogP contribution is -2.41. The standard InChI is InChI=1S/C18H12F4N4O2S/c1-9-14(16(28)26-25-15(27)10-2-4-11(19)5-3-10)29-17(24-9)12-8-23-7-6-13(12)18(20,21)22/h2-8H,1H3,(H,25,27)(H,26,28). The number of nitrogens with one attached hydrogen (secondary N) is 2. The third-order valence-electron chi connectivity index (χ3n) is 3.76. The molecule has 2 N–H and O–H groups in total. The first-order valence-electron chi connectivity index (χ1n) is 8.02. The van der Waals surface area contributed by atoms with Crippen LogP contribution in [0.15, 0.2) is 42.7 Å². The Labute approximate surface area is 165 Å². The number of aryl methyl sites for hydroxylation is 1. The maximum atomic E-state index is 13.2. The summed E-state index contributed by atoms with van der Waals surface area (Å²) in [6, 6.07) is 5.46. The normalized spacial score (nSPS) is 11.2. The summed E-state index contributed by atoms with van der Waals surface area (Å²) in [5.41, 5.74) is 3.45. The minimum atomic E-state index is -4.61. The second-order valence-corrected chi connectivity index (χ2v) is 6.77. The monoisotopic (exact) mass is 424 g/mol. The molecule has 0 fully saturated rings. The van der Waals surface area contributed by atoms with Gasteiger partial charge in [0.1, 0.15) is 15.7 Å². The summed E-state index contributed by atoms with van der Waals surface area (Å²) in [4.78, 5) is 32.1. The van der Waals surface area contributed by atoms with Crippen LogP contribution in [0, 0.1) is 12.7 Å². The van der Waals surface area contributed by atoms with Crippen LogP contribution in [0.3, 0.4) is 0 Å². The number of alkyl halides is 3. The molecule has 0 atom stereocenters. The Morgan fingerprint density at radius 2 is 1.69 bits per heavy atom. The zero-order chi connectivity index (χ0) is 21.2. The van der Waals surface area contributed by atoms with Crippen LogP contribution in [0.25, 0.3) is 10.6 Å². The van der Waals surface area contributed by atoms with Crippen LogP contribution in [0.4, 0.5) is 17.6 Å². The highest BCUT2D eigenvalue weighted by Crippen LogP contribution is 2.38. The van der Waals surface area contributed by atoms with Gasteiger partial charge in [-0.25, -0.2) is 9.37 Å². The second-order valence-electron chi connectivity index (χ2n) is 5.77. The molecule has 0 saturated carbocycles. The molecule has 0 radical (unpaired) electrons. The van der Waals surface area contributed by atoms with Gasteiger partial charge < -0.3 is 0 Å². The van der Waals surface area contributed by atoms with Gasteiger partial charge in [-0.15, -0.1) is 11.3 Å². The predicted octanol–water partition coefficient (Wildman–Crippen LogP) is 3.75. The number of carbonyl (C=O) groups is 2. The van der Waals surface area contributed by atoms with Crippen molar-refractivity contribution in [2.45, 2.75) is 13.1 Å². The summed E-state index contributed by atoms with van der Waals surface area (Å²) >= 11 is 0.736. The number of carbonyl (C=O) groups excluding carboxylic acids is 2. The van der Waals surface area contributed by atoms with Crippen LogP contribution in [0.5, 0.6) is 0 Å². The van der Waals surface area contributed by atoms with Gasteiger partial charge >= 0.3 is 6.18 Å². The van der Waals surface area contributed by atoms with E-state index in [1.807, 2.05) is 0 Å². The molecule has 2 amide bonds. The number of rotatable bonds is 3. The highest BCUT2D eigenvalue weighted by atomic mass is 32.1. The first kappa shape index (κ1) is 20.4. The van der Waals surface area contributed by atoms with E-state index in [0.717, 1.165) is 41.9 Å².